The lowest BCUT2D eigenvalue weighted by molar-refractivity contribution is -0.119. The first kappa shape index (κ1) is 10.7. The molecule has 0 bridgehead atoms. The Morgan fingerprint density at radius 2 is 2.07 bits per heavy atom. The molecule has 0 saturated carbocycles. The van der Waals surface area contributed by atoms with Crippen LogP contribution in [0.15, 0.2) is 0 Å². The molecule has 2 heterocycles. The van der Waals surface area contributed by atoms with Gasteiger partial charge in [-0.2, -0.15) is 0 Å². The summed E-state index contributed by atoms with van der Waals surface area (Å²) < 4.78 is 8.74. The molecule has 0 aromatic rings. The monoisotopic (exact) mass is 216 g/mol. The summed E-state index contributed by atoms with van der Waals surface area (Å²) in [5.41, 5.74) is 0.410. The van der Waals surface area contributed by atoms with Crippen LogP contribution in [0.25, 0.3) is 0 Å². The zero-order chi connectivity index (χ0) is 9.86. The fraction of sp³-hybridized carbons (Fsp3) is 1.00. The molecule has 0 aromatic heterocycles. The van der Waals surface area contributed by atoms with Gasteiger partial charge in [-0.1, -0.05) is 11.9 Å². The Morgan fingerprint density at radius 1 is 1.36 bits per heavy atom. The number of ether oxygens (including phenoxy) is 1. The van der Waals surface area contributed by atoms with E-state index < -0.39 is 0 Å². The molecule has 14 heavy (non-hydrogen) atoms. The molecule has 0 radical (unpaired) electrons. The van der Waals surface area contributed by atoms with E-state index in [1.807, 2.05) is 0 Å². The minimum atomic E-state index is 0.410. The molecule has 2 aliphatic heterocycles. The second-order valence-corrected chi connectivity index (χ2v) is 5.20. The summed E-state index contributed by atoms with van der Waals surface area (Å²) in [7, 11) is 0. The third kappa shape index (κ3) is 2.42. The quantitative estimate of drug-likeness (QED) is 0.692. The summed E-state index contributed by atoms with van der Waals surface area (Å²) in [5, 5.41) is 0. The predicted molar refractivity (Wildman–Crippen MR) is 60.4 cm³/mol. The average Bonchev–Trinajstić information content (AvgIpc) is 2.62. The Bertz CT molecular complexity index is 179. The first-order valence-electron chi connectivity index (χ1n) is 5.41. The van der Waals surface area contributed by atoms with E-state index in [0.717, 1.165) is 19.8 Å². The fourth-order valence-corrected chi connectivity index (χ4v) is 2.73. The molecule has 0 spiro atoms. The number of rotatable bonds is 5. The number of nitrogens with one attached hydrogen (secondary N) is 1. The zero-order valence-electron chi connectivity index (χ0n) is 8.92. The van der Waals surface area contributed by atoms with E-state index >= 15 is 0 Å². The Hall–Kier alpha value is 0.230. The number of nitrogens with zero attached hydrogens (tertiary/aromatic N) is 1. The van der Waals surface area contributed by atoms with E-state index in [4.69, 9.17) is 4.74 Å². The molecule has 0 aromatic carbocycles. The molecule has 0 amide bonds. The summed E-state index contributed by atoms with van der Waals surface area (Å²) in [6.45, 7) is 6.78. The van der Waals surface area contributed by atoms with Crippen molar-refractivity contribution in [2.24, 2.45) is 5.41 Å². The minimum Gasteiger partial charge on any atom is -0.380 e. The lowest BCUT2D eigenvalue weighted by atomic mass is 9.85. The number of hydrogen-bond donors (Lipinski definition) is 1. The number of likely N-dealkylation sites (tertiary alicyclic amines) is 1. The van der Waals surface area contributed by atoms with Gasteiger partial charge in [0.25, 0.3) is 0 Å². The van der Waals surface area contributed by atoms with Gasteiger partial charge in [-0.25, -0.2) is 0 Å². The molecule has 2 aliphatic rings. The van der Waals surface area contributed by atoms with E-state index in [9.17, 15) is 0 Å². The molecule has 4 heteroatoms. The van der Waals surface area contributed by atoms with Crippen LogP contribution in [0.2, 0.25) is 0 Å². The normalized spacial score (nSPS) is 26.4. The second-order valence-electron chi connectivity index (χ2n) is 4.50. The van der Waals surface area contributed by atoms with Gasteiger partial charge in [0.15, 0.2) is 0 Å². The SMILES string of the molecule is CSNCC1(CN2CCCC2)COC1. The molecule has 2 saturated heterocycles. The van der Waals surface area contributed by atoms with Gasteiger partial charge < -0.3 is 9.64 Å². The maximum atomic E-state index is 5.37. The highest BCUT2D eigenvalue weighted by Gasteiger charge is 2.40. The average molecular weight is 216 g/mol. The molecular formula is C10H20N2OS. The summed E-state index contributed by atoms with van der Waals surface area (Å²) in [4.78, 5) is 2.59. The van der Waals surface area contributed by atoms with Crippen molar-refractivity contribution < 1.29 is 4.74 Å². The highest BCUT2D eigenvalue weighted by molar-refractivity contribution is 7.96. The van der Waals surface area contributed by atoms with Crippen molar-refractivity contribution in [3.8, 4) is 0 Å². The van der Waals surface area contributed by atoms with E-state index in [-0.39, 0.29) is 0 Å². The smallest absolute Gasteiger partial charge is 0.0569 e. The summed E-state index contributed by atoms with van der Waals surface area (Å²) in [6.07, 6.45) is 4.85. The van der Waals surface area contributed by atoms with Crippen molar-refractivity contribution in [3.63, 3.8) is 0 Å². The van der Waals surface area contributed by atoms with E-state index in [1.54, 1.807) is 11.9 Å². The highest BCUT2D eigenvalue weighted by Crippen LogP contribution is 2.29. The fourth-order valence-electron chi connectivity index (χ4n) is 2.28. The van der Waals surface area contributed by atoms with Crippen molar-refractivity contribution in [1.29, 1.82) is 0 Å². The molecular weight excluding hydrogens is 196 g/mol. The van der Waals surface area contributed by atoms with Crippen molar-refractivity contribution in [2.45, 2.75) is 12.8 Å². The van der Waals surface area contributed by atoms with Crippen LogP contribution >= 0.6 is 11.9 Å². The minimum absolute atomic E-state index is 0.410. The van der Waals surface area contributed by atoms with Crippen molar-refractivity contribution in [1.82, 2.24) is 9.62 Å². The van der Waals surface area contributed by atoms with Gasteiger partial charge in [0.1, 0.15) is 0 Å². The van der Waals surface area contributed by atoms with E-state index in [1.165, 1.54) is 32.5 Å². The predicted octanol–water partition coefficient (Wildman–Crippen LogP) is 0.966. The Labute approximate surface area is 90.7 Å². The van der Waals surface area contributed by atoms with Crippen LogP contribution in [0.3, 0.4) is 0 Å². The van der Waals surface area contributed by atoms with Crippen molar-refractivity contribution >= 4 is 11.9 Å². The molecule has 1 N–H and O–H groups in total. The third-order valence-corrected chi connectivity index (χ3v) is 3.60. The standard InChI is InChI=1S/C10H20N2OS/c1-14-11-6-10(8-13-9-10)7-12-4-2-3-5-12/h11H,2-9H2,1H3. The van der Waals surface area contributed by atoms with Crippen molar-refractivity contribution in [3.05, 3.63) is 0 Å². The van der Waals surface area contributed by atoms with Crippen LogP contribution < -0.4 is 4.72 Å². The molecule has 2 fully saturated rings. The maximum Gasteiger partial charge on any atom is 0.0569 e. The lowest BCUT2D eigenvalue weighted by Crippen LogP contribution is -2.55. The Kier molecular flexibility index (Phi) is 3.71. The summed E-state index contributed by atoms with van der Waals surface area (Å²) in [5.74, 6) is 0. The van der Waals surface area contributed by atoms with Crippen LogP contribution in [0.4, 0.5) is 0 Å². The van der Waals surface area contributed by atoms with E-state index in [0.29, 0.717) is 5.41 Å². The first-order chi connectivity index (χ1) is 6.85. The molecule has 0 aliphatic carbocycles. The maximum absolute atomic E-state index is 5.37. The van der Waals surface area contributed by atoms with Crippen LogP contribution in [-0.2, 0) is 4.74 Å². The van der Waals surface area contributed by atoms with Gasteiger partial charge in [0, 0.05) is 18.5 Å². The second kappa shape index (κ2) is 4.84. The van der Waals surface area contributed by atoms with Crippen LogP contribution in [0.1, 0.15) is 12.8 Å². The molecule has 0 atom stereocenters. The van der Waals surface area contributed by atoms with Crippen LogP contribution in [-0.4, -0.2) is 50.5 Å². The van der Waals surface area contributed by atoms with Gasteiger partial charge in [0.2, 0.25) is 0 Å². The van der Waals surface area contributed by atoms with E-state index in [2.05, 4.69) is 15.9 Å². The summed E-state index contributed by atoms with van der Waals surface area (Å²) >= 11 is 1.71. The highest BCUT2D eigenvalue weighted by atomic mass is 32.2. The third-order valence-electron chi connectivity index (χ3n) is 3.17. The zero-order valence-corrected chi connectivity index (χ0v) is 9.74. The van der Waals surface area contributed by atoms with Gasteiger partial charge >= 0.3 is 0 Å². The van der Waals surface area contributed by atoms with Gasteiger partial charge in [-0.15, -0.1) is 0 Å². The molecule has 82 valence electrons. The van der Waals surface area contributed by atoms with Gasteiger partial charge in [-0.3, -0.25) is 4.72 Å². The largest absolute Gasteiger partial charge is 0.380 e. The topological polar surface area (TPSA) is 24.5 Å². The van der Waals surface area contributed by atoms with Crippen LogP contribution in [0, 0.1) is 5.41 Å². The summed E-state index contributed by atoms with van der Waals surface area (Å²) in [6, 6.07) is 0. The van der Waals surface area contributed by atoms with Gasteiger partial charge in [0.05, 0.1) is 13.2 Å². The Balaban J connectivity index is 1.78. The van der Waals surface area contributed by atoms with Gasteiger partial charge in [-0.05, 0) is 32.2 Å². The van der Waals surface area contributed by atoms with Crippen molar-refractivity contribution in [2.75, 3.05) is 45.6 Å². The van der Waals surface area contributed by atoms with Crippen LogP contribution in [0.5, 0.6) is 0 Å². The number of hydrogen-bond acceptors (Lipinski definition) is 4. The Morgan fingerprint density at radius 3 is 2.57 bits per heavy atom. The lowest BCUT2D eigenvalue weighted by Gasteiger charge is -2.43. The molecule has 0 unspecified atom stereocenters. The molecule has 3 nitrogen and oxygen atoms in total. The first-order valence-corrected chi connectivity index (χ1v) is 6.63. The molecule has 2 rings (SSSR count).